The molecular formula is C11H17N3O2S. The normalized spacial score (nSPS) is 14.5. The molecule has 6 heteroatoms. The summed E-state index contributed by atoms with van der Waals surface area (Å²) in [6, 6.07) is 3.51. The standard InChI is InChI=1S/C11H17N3O2S/c1-9-4-5-11(13-8-9)17(3,16)14(2)7-6-10(12)15/h4-5,8H,3,6-7H2,1-2H3,(H2,12,15). The molecule has 1 aromatic rings. The Morgan fingerprint density at radius 2 is 2.24 bits per heavy atom. The van der Waals surface area contributed by atoms with Crippen LogP contribution in [0.3, 0.4) is 0 Å². The number of rotatable bonds is 5. The molecule has 2 N–H and O–H groups in total. The maximum atomic E-state index is 12.4. The van der Waals surface area contributed by atoms with Crippen LogP contribution in [0, 0.1) is 6.92 Å². The second-order valence-electron chi connectivity index (χ2n) is 3.88. The van der Waals surface area contributed by atoms with Crippen molar-refractivity contribution in [3.63, 3.8) is 0 Å². The van der Waals surface area contributed by atoms with Crippen LogP contribution in [-0.4, -0.2) is 38.9 Å². The molecule has 1 aromatic heterocycles. The smallest absolute Gasteiger partial charge is 0.218 e. The van der Waals surface area contributed by atoms with Gasteiger partial charge in [-0.25, -0.2) is 13.5 Å². The predicted octanol–water partition coefficient (Wildman–Crippen LogP) is 0.188. The lowest BCUT2D eigenvalue weighted by molar-refractivity contribution is -0.118. The molecule has 0 fully saturated rings. The highest BCUT2D eigenvalue weighted by Crippen LogP contribution is 2.11. The number of carbonyl (C=O) groups is 1. The summed E-state index contributed by atoms with van der Waals surface area (Å²) in [5, 5.41) is 0.412. The molecule has 0 aliphatic carbocycles. The molecule has 1 atom stereocenters. The maximum Gasteiger partial charge on any atom is 0.218 e. The van der Waals surface area contributed by atoms with Crippen molar-refractivity contribution >= 4 is 21.5 Å². The fourth-order valence-corrected chi connectivity index (χ4v) is 2.42. The van der Waals surface area contributed by atoms with Crippen molar-refractivity contribution in [2.24, 2.45) is 5.73 Å². The van der Waals surface area contributed by atoms with Crippen molar-refractivity contribution in [2.45, 2.75) is 18.4 Å². The summed E-state index contributed by atoms with van der Waals surface area (Å²) >= 11 is 0. The SMILES string of the molecule is C=S(=O)(c1ccc(C)cn1)N(C)CCC(N)=O. The van der Waals surface area contributed by atoms with E-state index in [2.05, 4.69) is 10.9 Å². The number of primary amides is 1. The van der Waals surface area contributed by atoms with Gasteiger partial charge in [0.05, 0.1) is 9.71 Å². The van der Waals surface area contributed by atoms with Gasteiger partial charge >= 0.3 is 0 Å². The van der Waals surface area contributed by atoms with Crippen LogP contribution < -0.4 is 5.73 Å². The van der Waals surface area contributed by atoms with Gasteiger partial charge in [0.25, 0.3) is 0 Å². The number of nitrogens with two attached hydrogens (primary N) is 1. The Labute approximate surface area is 102 Å². The molecule has 0 spiro atoms. The van der Waals surface area contributed by atoms with Gasteiger partial charge in [-0.1, -0.05) is 6.07 Å². The Morgan fingerprint density at radius 3 is 2.71 bits per heavy atom. The monoisotopic (exact) mass is 255 g/mol. The lowest BCUT2D eigenvalue weighted by atomic mass is 10.3. The van der Waals surface area contributed by atoms with Crippen LogP contribution in [0.15, 0.2) is 23.4 Å². The van der Waals surface area contributed by atoms with Gasteiger partial charge in [-0.15, -0.1) is 0 Å². The van der Waals surface area contributed by atoms with Crippen LogP contribution in [0.4, 0.5) is 0 Å². The number of carbonyl (C=O) groups excluding carboxylic acids is 1. The van der Waals surface area contributed by atoms with Crippen molar-refractivity contribution in [3.8, 4) is 0 Å². The minimum atomic E-state index is -2.64. The van der Waals surface area contributed by atoms with Gasteiger partial charge in [-0.2, -0.15) is 0 Å². The van der Waals surface area contributed by atoms with Crippen molar-refractivity contribution in [3.05, 3.63) is 23.9 Å². The van der Waals surface area contributed by atoms with Gasteiger partial charge in [0.15, 0.2) is 0 Å². The van der Waals surface area contributed by atoms with Gasteiger partial charge in [0.1, 0.15) is 5.03 Å². The van der Waals surface area contributed by atoms with Crippen molar-refractivity contribution in [2.75, 3.05) is 13.6 Å². The van der Waals surface area contributed by atoms with Crippen molar-refractivity contribution in [1.29, 1.82) is 0 Å². The van der Waals surface area contributed by atoms with Crippen LogP contribution in [0.2, 0.25) is 0 Å². The molecule has 17 heavy (non-hydrogen) atoms. The largest absolute Gasteiger partial charge is 0.370 e. The van der Waals surface area contributed by atoms with E-state index in [-0.39, 0.29) is 6.42 Å². The zero-order valence-electron chi connectivity index (χ0n) is 10.0. The first kappa shape index (κ1) is 13.7. The first-order valence-electron chi connectivity index (χ1n) is 5.13. The average molecular weight is 255 g/mol. The fourth-order valence-electron chi connectivity index (χ4n) is 1.22. The summed E-state index contributed by atoms with van der Waals surface area (Å²) in [6.07, 6.45) is 1.79. The quantitative estimate of drug-likeness (QED) is 0.763. The summed E-state index contributed by atoms with van der Waals surface area (Å²) in [6.45, 7) is 2.20. The van der Waals surface area contributed by atoms with Crippen LogP contribution in [0.25, 0.3) is 0 Å². The fraction of sp³-hybridized carbons (Fsp3) is 0.364. The summed E-state index contributed by atoms with van der Waals surface area (Å²) in [4.78, 5) is 14.8. The third-order valence-corrected chi connectivity index (χ3v) is 4.47. The van der Waals surface area contributed by atoms with E-state index in [0.717, 1.165) is 5.56 Å². The summed E-state index contributed by atoms with van der Waals surface area (Å²) in [5.41, 5.74) is 6.04. The molecule has 94 valence electrons. The van der Waals surface area contributed by atoms with E-state index >= 15 is 0 Å². The molecule has 0 radical (unpaired) electrons. The van der Waals surface area contributed by atoms with Crippen molar-refractivity contribution in [1.82, 2.24) is 9.29 Å². The van der Waals surface area contributed by atoms with E-state index in [1.165, 1.54) is 4.31 Å². The molecule has 1 heterocycles. The number of aromatic nitrogens is 1. The van der Waals surface area contributed by atoms with E-state index in [1.54, 1.807) is 19.3 Å². The number of nitrogens with zero attached hydrogens (tertiary/aromatic N) is 2. The van der Waals surface area contributed by atoms with E-state index < -0.39 is 15.6 Å². The Morgan fingerprint density at radius 1 is 1.59 bits per heavy atom. The minimum absolute atomic E-state index is 0.148. The Bertz CT molecular complexity index is 494. The maximum absolute atomic E-state index is 12.4. The Hall–Kier alpha value is -1.40. The van der Waals surface area contributed by atoms with E-state index in [1.807, 2.05) is 13.0 Å². The van der Waals surface area contributed by atoms with Gasteiger partial charge < -0.3 is 5.73 Å². The van der Waals surface area contributed by atoms with Crippen LogP contribution in [-0.2, 0) is 14.5 Å². The van der Waals surface area contributed by atoms with Gasteiger partial charge in [-0.3, -0.25) is 4.79 Å². The van der Waals surface area contributed by atoms with E-state index in [4.69, 9.17) is 5.73 Å². The number of pyridine rings is 1. The van der Waals surface area contributed by atoms with Gasteiger partial charge in [0, 0.05) is 19.2 Å². The van der Waals surface area contributed by atoms with Crippen LogP contribution in [0.1, 0.15) is 12.0 Å². The van der Waals surface area contributed by atoms with E-state index in [0.29, 0.717) is 11.6 Å². The molecular weight excluding hydrogens is 238 g/mol. The lowest BCUT2D eigenvalue weighted by Gasteiger charge is -2.20. The highest BCUT2D eigenvalue weighted by Gasteiger charge is 2.15. The minimum Gasteiger partial charge on any atom is -0.370 e. The number of hydrogen-bond acceptors (Lipinski definition) is 3. The number of hydrogen-bond donors (Lipinski definition) is 1. The van der Waals surface area contributed by atoms with E-state index in [9.17, 15) is 9.00 Å². The summed E-state index contributed by atoms with van der Waals surface area (Å²) < 4.78 is 13.9. The molecule has 0 saturated carbocycles. The second-order valence-corrected chi connectivity index (χ2v) is 6.20. The third-order valence-electron chi connectivity index (χ3n) is 2.39. The highest BCUT2D eigenvalue weighted by molar-refractivity contribution is 7.98. The molecule has 1 amide bonds. The molecule has 0 bridgehead atoms. The summed E-state index contributed by atoms with van der Waals surface area (Å²) in [7, 11) is -0.998. The predicted molar refractivity (Wildman–Crippen MR) is 68.9 cm³/mol. The topological polar surface area (TPSA) is 76.3 Å². The Balaban J connectivity index is 2.87. The van der Waals surface area contributed by atoms with Crippen molar-refractivity contribution < 1.29 is 9.00 Å². The van der Waals surface area contributed by atoms with Crippen LogP contribution >= 0.6 is 0 Å². The zero-order valence-corrected chi connectivity index (χ0v) is 10.9. The number of aryl methyl sites for hydroxylation is 1. The second kappa shape index (κ2) is 5.29. The summed E-state index contributed by atoms with van der Waals surface area (Å²) in [5.74, 6) is 3.26. The molecule has 1 rings (SSSR count). The highest BCUT2D eigenvalue weighted by atomic mass is 32.2. The first-order chi connectivity index (χ1) is 7.84. The Kier molecular flexibility index (Phi) is 4.25. The molecule has 0 aliphatic rings. The van der Waals surface area contributed by atoms with Gasteiger partial charge in [-0.05, 0) is 31.5 Å². The average Bonchev–Trinajstić information content (AvgIpc) is 2.26. The van der Waals surface area contributed by atoms with Gasteiger partial charge in [0.2, 0.25) is 5.91 Å². The zero-order chi connectivity index (χ0) is 13.1. The number of amides is 1. The molecule has 1 unspecified atom stereocenters. The molecule has 0 aliphatic heterocycles. The molecule has 0 saturated heterocycles. The molecule has 0 aromatic carbocycles. The first-order valence-corrected chi connectivity index (χ1v) is 6.82. The molecule has 5 nitrogen and oxygen atoms in total. The third kappa shape index (κ3) is 3.54. The van der Waals surface area contributed by atoms with Crippen LogP contribution in [0.5, 0.6) is 0 Å². The lowest BCUT2D eigenvalue weighted by Crippen LogP contribution is -2.30.